The monoisotopic (exact) mass is 234 g/mol. The fourth-order valence-corrected chi connectivity index (χ4v) is 1.74. The molecule has 16 heavy (non-hydrogen) atoms. The molecule has 0 fully saturated rings. The number of rotatable bonds is 8. The van der Waals surface area contributed by atoms with Gasteiger partial charge in [0.15, 0.2) is 0 Å². The van der Waals surface area contributed by atoms with Crippen LogP contribution >= 0.6 is 0 Å². The smallest absolute Gasteiger partial charge is 0.0875 e. The first-order valence-corrected chi connectivity index (χ1v) is 6.06. The maximum Gasteiger partial charge on any atom is 0.0875 e. The van der Waals surface area contributed by atoms with Gasteiger partial charge in [-0.3, -0.25) is 0 Å². The summed E-state index contributed by atoms with van der Waals surface area (Å²) in [7, 11) is 0. The molecule has 4 heteroatoms. The second-order valence-corrected chi connectivity index (χ2v) is 4.86. The quantitative estimate of drug-likeness (QED) is 0.497. The second-order valence-electron chi connectivity index (χ2n) is 4.86. The Morgan fingerprint density at radius 1 is 1.12 bits per heavy atom. The first kappa shape index (κ1) is 15.8. The Kier molecular flexibility index (Phi) is 7.15. The summed E-state index contributed by atoms with van der Waals surface area (Å²) in [5, 5.41) is 38.5. The standard InChI is InChI=1S/C12H26O4/c1-4-6-9(14)7-10(15)11(16)12(3,5-2)8-13/h9-11,13-16H,4-8H2,1-3H3. The third kappa shape index (κ3) is 4.37. The molecule has 0 radical (unpaired) electrons. The van der Waals surface area contributed by atoms with Crippen LogP contribution in [0.15, 0.2) is 0 Å². The summed E-state index contributed by atoms with van der Waals surface area (Å²) in [6, 6.07) is 0. The van der Waals surface area contributed by atoms with Crippen LogP contribution in [0.1, 0.15) is 46.5 Å². The van der Waals surface area contributed by atoms with Crippen molar-refractivity contribution >= 4 is 0 Å². The number of aliphatic hydroxyl groups is 4. The van der Waals surface area contributed by atoms with Crippen LogP contribution in [0.3, 0.4) is 0 Å². The van der Waals surface area contributed by atoms with E-state index in [0.717, 1.165) is 6.42 Å². The zero-order chi connectivity index (χ0) is 12.8. The summed E-state index contributed by atoms with van der Waals surface area (Å²) in [5.41, 5.74) is -0.703. The Bertz CT molecular complexity index is 180. The zero-order valence-electron chi connectivity index (χ0n) is 10.6. The Hall–Kier alpha value is -0.160. The van der Waals surface area contributed by atoms with Gasteiger partial charge in [-0.15, -0.1) is 0 Å². The Balaban J connectivity index is 4.31. The van der Waals surface area contributed by atoms with E-state index in [1.54, 1.807) is 6.92 Å². The highest BCUT2D eigenvalue weighted by Gasteiger charge is 2.36. The minimum atomic E-state index is -1.01. The van der Waals surface area contributed by atoms with E-state index in [1.165, 1.54) is 0 Å². The van der Waals surface area contributed by atoms with Gasteiger partial charge in [-0.2, -0.15) is 0 Å². The molecule has 0 amide bonds. The fourth-order valence-electron chi connectivity index (χ4n) is 1.74. The van der Waals surface area contributed by atoms with Crippen LogP contribution in [0.5, 0.6) is 0 Å². The van der Waals surface area contributed by atoms with Gasteiger partial charge in [0.25, 0.3) is 0 Å². The van der Waals surface area contributed by atoms with Crippen LogP contribution in [-0.4, -0.2) is 45.3 Å². The van der Waals surface area contributed by atoms with Crippen LogP contribution in [0.2, 0.25) is 0 Å². The van der Waals surface area contributed by atoms with Crippen molar-refractivity contribution in [3.8, 4) is 0 Å². The van der Waals surface area contributed by atoms with Gasteiger partial charge in [0, 0.05) is 11.8 Å². The van der Waals surface area contributed by atoms with Gasteiger partial charge in [0.1, 0.15) is 0 Å². The summed E-state index contributed by atoms with van der Waals surface area (Å²) in [4.78, 5) is 0. The highest BCUT2D eigenvalue weighted by Crippen LogP contribution is 2.28. The Morgan fingerprint density at radius 2 is 1.69 bits per heavy atom. The van der Waals surface area contributed by atoms with Crippen LogP contribution in [0, 0.1) is 5.41 Å². The molecular formula is C12H26O4. The van der Waals surface area contributed by atoms with Gasteiger partial charge in [0.05, 0.1) is 24.9 Å². The topological polar surface area (TPSA) is 80.9 Å². The first-order valence-electron chi connectivity index (χ1n) is 6.06. The minimum Gasteiger partial charge on any atom is -0.396 e. The molecular weight excluding hydrogens is 208 g/mol. The second kappa shape index (κ2) is 7.22. The number of hydrogen-bond donors (Lipinski definition) is 4. The van der Waals surface area contributed by atoms with E-state index in [-0.39, 0.29) is 13.0 Å². The number of aliphatic hydroxyl groups excluding tert-OH is 4. The van der Waals surface area contributed by atoms with E-state index in [4.69, 9.17) is 0 Å². The average molecular weight is 234 g/mol. The van der Waals surface area contributed by atoms with E-state index in [9.17, 15) is 20.4 Å². The summed E-state index contributed by atoms with van der Waals surface area (Å²) in [6.45, 7) is 5.36. The molecule has 0 aliphatic carbocycles. The lowest BCUT2D eigenvalue weighted by molar-refractivity contribution is -0.0934. The molecule has 0 aromatic heterocycles. The lowest BCUT2D eigenvalue weighted by atomic mass is 9.78. The van der Waals surface area contributed by atoms with E-state index >= 15 is 0 Å². The molecule has 0 rings (SSSR count). The molecule has 0 aromatic rings. The highest BCUT2D eigenvalue weighted by atomic mass is 16.3. The lowest BCUT2D eigenvalue weighted by Gasteiger charge is -2.35. The van der Waals surface area contributed by atoms with Crippen molar-refractivity contribution in [3.63, 3.8) is 0 Å². The number of hydrogen-bond acceptors (Lipinski definition) is 4. The highest BCUT2D eigenvalue weighted by molar-refractivity contribution is 4.86. The molecule has 4 unspecified atom stereocenters. The summed E-state index contributed by atoms with van der Waals surface area (Å²) >= 11 is 0. The summed E-state index contributed by atoms with van der Waals surface area (Å²) < 4.78 is 0. The SMILES string of the molecule is CCCC(O)CC(O)C(O)C(C)(CC)CO. The van der Waals surface area contributed by atoms with Crippen molar-refractivity contribution in [2.45, 2.75) is 64.8 Å². The maximum absolute atomic E-state index is 9.93. The predicted molar refractivity (Wildman–Crippen MR) is 63.0 cm³/mol. The third-order valence-corrected chi connectivity index (χ3v) is 3.38. The minimum absolute atomic E-state index is 0.157. The molecule has 0 aromatic carbocycles. The first-order chi connectivity index (χ1) is 7.41. The largest absolute Gasteiger partial charge is 0.396 e. The van der Waals surface area contributed by atoms with Crippen molar-refractivity contribution in [2.75, 3.05) is 6.61 Å². The van der Waals surface area contributed by atoms with Crippen molar-refractivity contribution in [3.05, 3.63) is 0 Å². The third-order valence-electron chi connectivity index (χ3n) is 3.38. The molecule has 0 spiro atoms. The van der Waals surface area contributed by atoms with Gasteiger partial charge in [0.2, 0.25) is 0 Å². The molecule has 0 saturated heterocycles. The molecule has 0 aliphatic heterocycles. The average Bonchev–Trinajstić information content (AvgIpc) is 2.27. The molecule has 0 saturated carbocycles. The zero-order valence-corrected chi connectivity index (χ0v) is 10.6. The maximum atomic E-state index is 9.93. The molecule has 0 bridgehead atoms. The fraction of sp³-hybridized carbons (Fsp3) is 1.00. The van der Waals surface area contributed by atoms with Gasteiger partial charge < -0.3 is 20.4 Å². The van der Waals surface area contributed by atoms with Gasteiger partial charge in [-0.1, -0.05) is 27.2 Å². The van der Waals surface area contributed by atoms with Gasteiger partial charge >= 0.3 is 0 Å². The van der Waals surface area contributed by atoms with Crippen LogP contribution in [0.25, 0.3) is 0 Å². The van der Waals surface area contributed by atoms with E-state index in [2.05, 4.69) is 0 Å². The van der Waals surface area contributed by atoms with Crippen LogP contribution in [-0.2, 0) is 0 Å². The van der Waals surface area contributed by atoms with Crippen LogP contribution < -0.4 is 0 Å². The van der Waals surface area contributed by atoms with Gasteiger partial charge in [-0.25, -0.2) is 0 Å². The van der Waals surface area contributed by atoms with Crippen molar-refractivity contribution in [1.82, 2.24) is 0 Å². The molecule has 4 N–H and O–H groups in total. The van der Waals surface area contributed by atoms with E-state index < -0.39 is 23.7 Å². The predicted octanol–water partition coefficient (Wildman–Crippen LogP) is 0.668. The molecule has 4 atom stereocenters. The Morgan fingerprint density at radius 3 is 2.06 bits per heavy atom. The van der Waals surface area contributed by atoms with E-state index in [0.29, 0.717) is 12.8 Å². The molecule has 4 nitrogen and oxygen atoms in total. The summed E-state index contributed by atoms with van der Waals surface area (Å²) in [6.07, 6.45) is -0.390. The van der Waals surface area contributed by atoms with E-state index in [1.807, 2.05) is 13.8 Å². The molecule has 0 aliphatic rings. The Labute approximate surface area is 97.9 Å². The van der Waals surface area contributed by atoms with Crippen molar-refractivity contribution in [2.24, 2.45) is 5.41 Å². The van der Waals surface area contributed by atoms with Crippen molar-refractivity contribution in [1.29, 1.82) is 0 Å². The van der Waals surface area contributed by atoms with Crippen molar-refractivity contribution < 1.29 is 20.4 Å². The normalized spacial score (nSPS) is 21.2. The van der Waals surface area contributed by atoms with Gasteiger partial charge in [-0.05, 0) is 12.8 Å². The lowest BCUT2D eigenvalue weighted by Crippen LogP contribution is -2.44. The molecule has 0 heterocycles. The van der Waals surface area contributed by atoms with Crippen LogP contribution in [0.4, 0.5) is 0 Å². The molecule has 98 valence electrons. The summed E-state index contributed by atoms with van der Waals surface area (Å²) in [5.74, 6) is 0.